The molecule has 0 fully saturated rings. The number of carbonyl (C=O) groups is 2. The lowest BCUT2D eigenvalue weighted by Gasteiger charge is -2.22. The molecule has 0 aliphatic heterocycles. The second-order valence-electron chi connectivity index (χ2n) is 5.73. The van der Waals surface area contributed by atoms with Crippen molar-refractivity contribution >= 4 is 23.7 Å². The van der Waals surface area contributed by atoms with Crippen molar-refractivity contribution < 1.29 is 9.59 Å². The minimum Gasteiger partial charge on any atom is -0.351 e. The van der Waals surface area contributed by atoms with Crippen molar-refractivity contribution in [2.75, 3.05) is 0 Å². The molecular formula is C16H24N2O2S. The van der Waals surface area contributed by atoms with E-state index in [1.807, 2.05) is 13.8 Å². The molecule has 0 saturated heterocycles. The van der Waals surface area contributed by atoms with Gasteiger partial charge in [0, 0.05) is 4.90 Å². The SMILES string of the molecule is Cc1cc(C)c(C)c(SC(C(=O)NC(N)=O)C(C)C)c1C. The summed E-state index contributed by atoms with van der Waals surface area (Å²) in [6, 6.07) is 1.35. The molecule has 5 heteroatoms. The van der Waals surface area contributed by atoms with Gasteiger partial charge in [0.05, 0.1) is 5.25 Å². The second-order valence-corrected chi connectivity index (χ2v) is 6.88. The number of thioether (sulfide) groups is 1. The normalized spacial score (nSPS) is 12.3. The molecule has 0 saturated carbocycles. The summed E-state index contributed by atoms with van der Waals surface area (Å²) in [4.78, 5) is 24.2. The maximum Gasteiger partial charge on any atom is 0.318 e. The Balaban J connectivity index is 3.16. The van der Waals surface area contributed by atoms with Crippen molar-refractivity contribution in [3.05, 3.63) is 28.3 Å². The van der Waals surface area contributed by atoms with E-state index in [-0.39, 0.29) is 17.1 Å². The predicted molar refractivity (Wildman–Crippen MR) is 87.6 cm³/mol. The molecule has 0 aliphatic rings. The highest BCUT2D eigenvalue weighted by atomic mass is 32.2. The molecule has 0 aliphatic carbocycles. The van der Waals surface area contributed by atoms with Crippen LogP contribution in [0.15, 0.2) is 11.0 Å². The van der Waals surface area contributed by atoms with Crippen LogP contribution in [0.1, 0.15) is 36.1 Å². The summed E-state index contributed by atoms with van der Waals surface area (Å²) >= 11 is 1.51. The molecular weight excluding hydrogens is 284 g/mol. The van der Waals surface area contributed by atoms with Crippen LogP contribution in [0.25, 0.3) is 0 Å². The van der Waals surface area contributed by atoms with Gasteiger partial charge in [0.25, 0.3) is 0 Å². The first-order valence-corrected chi connectivity index (χ1v) is 7.87. The van der Waals surface area contributed by atoms with E-state index in [0.29, 0.717) is 0 Å². The fraction of sp³-hybridized carbons (Fsp3) is 0.500. The largest absolute Gasteiger partial charge is 0.351 e. The topological polar surface area (TPSA) is 72.2 Å². The van der Waals surface area contributed by atoms with Crippen LogP contribution < -0.4 is 11.1 Å². The van der Waals surface area contributed by atoms with Crippen molar-refractivity contribution in [3.8, 4) is 0 Å². The van der Waals surface area contributed by atoms with Gasteiger partial charge in [0.2, 0.25) is 5.91 Å². The Labute approximate surface area is 130 Å². The minimum absolute atomic E-state index is 0.0916. The van der Waals surface area contributed by atoms with E-state index in [2.05, 4.69) is 39.1 Å². The number of urea groups is 1. The molecule has 1 unspecified atom stereocenters. The van der Waals surface area contributed by atoms with Gasteiger partial charge in [-0.3, -0.25) is 10.1 Å². The zero-order valence-electron chi connectivity index (χ0n) is 13.5. The van der Waals surface area contributed by atoms with Crippen molar-refractivity contribution in [2.45, 2.75) is 51.7 Å². The van der Waals surface area contributed by atoms with E-state index in [1.54, 1.807) is 0 Å². The smallest absolute Gasteiger partial charge is 0.318 e. The number of nitrogens with two attached hydrogens (primary N) is 1. The van der Waals surface area contributed by atoms with Gasteiger partial charge < -0.3 is 5.73 Å². The van der Waals surface area contributed by atoms with Crippen LogP contribution in [-0.4, -0.2) is 17.2 Å². The van der Waals surface area contributed by atoms with Gasteiger partial charge in [-0.25, -0.2) is 4.79 Å². The molecule has 4 nitrogen and oxygen atoms in total. The van der Waals surface area contributed by atoms with Crippen LogP contribution in [0.4, 0.5) is 4.79 Å². The molecule has 1 aromatic rings. The van der Waals surface area contributed by atoms with Crippen molar-refractivity contribution in [1.82, 2.24) is 5.32 Å². The average molecular weight is 308 g/mol. The monoisotopic (exact) mass is 308 g/mol. The van der Waals surface area contributed by atoms with E-state index in [4.69, 9.17) is 5.73 Å². The van der Waals surface area contributed by atoms with Gasteiger partial charge in [-0.2, -0.15) is 0 Å². The summed E-state index contributed by atoms with van der Waals surface area (Å²) in [6.45, 7) is 12.2. The Kier molecular flexibility index (Phi) is 5.84. The van der Waals surface area contributed by atoms with Crippen LogP contribution in [0, 0.1) is 33.6 Å². The molecule has 1 atom stereocenters. The van der Waals surface area contributed by atoms with Gasteiger partial charge in [0.1, 0.15) is 0 Å². The molecule has 0 heterocycles. The summed E-state index contributed by atoms with van der Waals surface area (Å²) in [5.41, 5.74) is 9.83. The summed E-state index contributed by atoms with van der Waals surface area (Å²) in [5, 5.41) is 1.84. The van der Waals surface area contributed by atoms with Crippen molar-refractivity contribution in [2.24, 2.45) is 11.7 Å². The predicted octanol–water partition coefficient (Wildman–Crippen LogP) is 3.23. The first-order valence-electron chi connectivity index (χ1n) is 6.99. The fourth-order valence-electron chi connectivity index (χ4n) is 2.17. The number of carbonyl (C=O) groups excluding carboxylic acids is 2. The quantitative estimate of drug-likeness (QED) is 0.839. The average Bonchev–Trinajstić information content (AvgIpc) is 2.35. The lowest BCUT2D eigenvalue weighted by molar-refractivity contribution is -0.120. The molecule has 21 heavy (non-hydrogen) atoms. The van der Waals surface area contributed by atoms with E-state index in [1.165, 1.54) is 34.0 Å². The number of benzene rings is 1. The molecule has 0 aromatic heterocycles. The highest BCUT2D eigenvalue weighted by Gasteiger charge is 2.26. The van der Waals surface area contributed by atoms with Crippen LogP contribution >= 0.6 is 11.8 Å². The third-order valence-electron chi connectivity index (χ3n) is 3.65. The zero-order chi connectivity index (χ0) is 16.3. The van der Waals surface area contributed by atoms with Crippen LogP contribution in [-0.2, 0) is 4.79 Å². The van der Waals surface area contributed by atoms with Crippen molar-refractivity contribution in [3.63, 3.8) is 0 Å². The van der Waals surface area contributed by atoms with Gasteiger partial charge in [-0.1, -0.05) is 19.9 Å². The molecule has 116 valence electrons. The van der Waals surface area contributed by atoms with E-state index >= 15 is 0 Å². The van der Waals surface area contributed by atoms with Gasteiger partial charge >= 0.3 is 6.03 Å². The third kappa shape index (κ3) is 4.24. The summed E-state index contributed by atoms with van der Waals surface area (Å²) in [6.07, 6.45) is 0. The number of aryl methyl sites for hydroxylation is 2. The first-order chi connectivity index (χ1) is 9.65. The highest BCUT2D eigenvalue weighted by molar-refractivity contribution is 8.00. The molecule has 3 amide bonds. The van der Waals surface area contributed by atoms with E-state index in [0.717, 1.165) is 4.90 Å². The van der Waals surface area contributed by atoms with Gasteiger partial charge in [0.15, 0.2) is 0 Å². The maximum atomic E-state index is 12.2. The number of nitrogens with one attached hydrogen (secondary N) is 1. The van der Waals surface area contributed by atoms with E-state index < -0.39 is 6.03 Å². The van der Waals surface area contributed by atoms with Gasteiger partial charge in [-0.15, -0.1) is 11.8 Å². The standard InChI is InChI=1S/C16H24N2O2S/c1-8(2)13(15(19)18-16(17)20)21-14-11(5)9(3)7-10(4)12(14)6/h7-8,13H,1-6H3,(H3,17,18,19,20). The Morgan fingerprint density at radius 2 is 1.57 bits per heavy atom. The molecule has 0 radical (unpaired) electrons. The fourth-order valence-corrected chi connectivity index (χ4v) is 3.54. The minimum atomic E-state index is -0.805. The maximum absolute atomic E-state index is 12.2. The lowest BCUT2D eigenvalue weighted by atomic mass is 10.0. The summed E-state index contributed by atoms with van der Waals surface area (Å²) < 4.78 is 0. The highest BCUT2D eigenvalue weighted by Crippen LogP contribution is 2.36. The second kappa shape index (κ2) is 6.98. The number of hydrogen-bond acceptors (Lipinski definition) is 3. The van der Waals surface area contributed by atoms with Crippen molar-refractivity contribution in [1.29, 1.82) is 0 Å². The summed E-state index contributed by atoms with van der Waals surface area (Å²) in [5.74, 6) is -0.241. The van der Waals surface area contributed by atoms with Crippen LogP contribution in [0.5, 0.6) is 0 Å². The number of primary amides is 1. The Morgan fingerprint density at radius 3 is 1.95 bits per heavy atom. The Bertz CT molecular complexity index is 542. The molecule has 1 rings (SSSR count). The number of rotatable bonds is 4. The van der Waals surface area contributed by atoms with Gasteiger partial charge in [-0.05, 0) is 55.9 Å². The zero-order valence-corrected chi connectivity index (χ0v) is 14.4. The number of hydrogen-bond donors (Lipinski definition) is 2. The Hall–Kier alpha value is -1.49. The number of amides is 3. The molecule has 0 bridgehead atoms. The lowest BCUT2D eigenvalue weighted by Crippen LogP contribution is -2.42. The summed E-state index contributed by atoms with van der Waals surface area (Å²) in [7, 11) is 0. The van der Waals surface area contributed by atoms with Crippen LogP contribution in [0.3, 0.4) is 0 Å². The molecule has 1 aromatic carbocycles. The van der Waals surface area contributed by atoms with E-state index in [9.17, 15) is 9.59 Å². The number of imide groups is 1. The first kappa shape index (κ1) is 17.6. The Morgan fingerprint density at radius 1 is 1.10 bits per heavy atom. The molecule has 0 spiro atoms. The molecule has 3 N–H and O–H groups in total. The van der Waals surface area contributed by atoms with Crippen LogP contribution in [0.2, 0.25) is 0 Å². The third-order valence-corrected chi connectivity index (χ3v) is 5.51.